The van der Waals surface area contributed by atoms with Gasteiger partial charge < -0.3 is 5.32 Å². The van der Waals surface area contributed by atoms with Crippen LogP contribution in [0.4, 0.5) is 0 Å². The van der Waals surface area contributed by atoms with Gasteiger partial charge in [0.25, 0.3) is 5.91 Å². The summed E-state index contributed by atoms with van der Waals surface area (Å²) >= 11 is 10.7. The van der Waals surface area contributed by atoms with Crippen LogP contribution < -0.4 is 5.32 Å². The molecule has 0 saturated carbocycles. The van der Waals surface area contributed by atoms with E-state index in [1.807, 2.05) is 23.6 Å². The van der Waals surface area contributed by atoms with Crippen molar-refractivity contribution in [1.29, 1.82) is 0 Å². The number of hydrogen-bond acceptors (Lipinski definition) is 2. The van der Waals surface area contributed by atoms with Gasteiger partial charge in [-0.15, -0.1) is 22.9 Å². The molecule has 0 saturated heterocycles. The SMILES string of the molecule is O=C(NCc1cc(Br)cs1)c1ccc(CCl)cc1. The highest BCUT2D eigenvalue weighted by Crippen LogP contribution is 2.19. The molecule has 18 heavy (non-hydrogen) atoms. The van der Waals surface area contributed by atoms with Gasteiger partial charge in [-0.3, -0.25) is 4.79 Å². The van der Waals surface area contributed by atoms with Crippen LogP contribution in [0, 0.1) is 0 Å². The fourth-order valence-corrected chi connectivity index (χ4v) is 3.03. The van der Waals surface area contributed by atoms with Gasteiger partial charge >= 0.3 is 0 Å². The molecule has 0 aliphatic carbocycles. The van der Waals surface area contributed by atoms with Gasteiger partial charge in [0.15, 0.2) is 0 Å². The van der Waals surface area contributed by atoms with E-state index in [1.165, 1.54) is 0 Å². The Morgan fingerprint density at radius 1 is 1.33 bits per heavy atom. The van der Waals surface area contributed by atoms with E-state index in [1.54, 1.807) is 23.5 Å². The molecule has 0 unspecified atom stereocenters. The lowest BCUT2D eigenvalue weighted by Gasteiger charge is -2.04. The standard InChI is InChI=1S/C13H11BrClNOS/c14-11-5-12(18-8-11)7-16-13(17)10-3-1-9(6-15)2-4-10/h1-5,8H,6-7H2,(H,16,17). The van der Waals surface area contributed by atoms with Gasteiger partial charge in [0.1, 0.15) is 0 Å². The van der Waals surface area contributed by atoms with Crippen LogP contribution in [0.5, 0.6) is 0 Å². The van der Waals surface area contributed by atoms with E-state index in [9.17, 15) is 4.79 Å². The minimum absolute atomic E-state index is 0.0688. The second-order valence-electron chi connectivity index (χ2n) is 3.74. The fraction of sp³-hybridized carbons (Fsp3) is 0.154. The van der Waals surface area contributed by atoms with Crippen LogP contribution in [0.1, 0.15) is 20.8 Å². The predicted octanol–water partition coefficient (Wildman–Crippen LogP) is 4.18. The highest BCUT2D eigenvalue weighted by atomic mass is 79.9. The first-order valence-electron chi connectivity index (χ1n) is 5.35. The maximum atomic E-state index is 11.9. The molecule has 0 bridgehead atoms. The minimum atomic E-state index is -0.0688. The number of hydrogen-bond donors (Lipinski definition) is 1. The summed E-state index contributed by atoms with van der Waals surface area (Å²) in [6.45, 7) is 0.548. The first kappa shape index (κ1) is 13.6. The van der Waals surface area contributed by atoms with Gasteiger partial charge in [-0.2, -0.15) is 0 Å². The lowest BCUT2D eigenvalue weighted by molar-refractivity contribution is 0.0951. The van der Waals surface area contributed by atoms with E-state index >= 15 is 0 Å². The van der Waals surface area contributed by atoms with Crippen LogP contribution in [-0.2, 0) is 12.4 Å². The van der Waals surface area contributed by atoms with Gasteiger partial charge in [-0.05, 0) is 39.7 Å². The maximum absolute atomic E-state index is 11.9. The molecule has 0 aliphatic rings. The van der Waals surface area contributed by atoms with Crippen molar-refractivity contribution in [1.82, 2.24) is 5.32 Å². The minimum Gasteiger partial charge on any atom is -0.347 e. The molecule has 1 heterocycles. The molecule has 0 aliphatic heterocycles. The number of carbonyl (C=O) groups is 1. The van der Waals surface area contributed by atoms with Crippen molar-refractivity contribution in [3.05, 3.63) is 56.2 Å². The van der Waals surface area contributed by atoms with Crippen molar-refractivity contribution >= 4 is 44.8 Å². The molecule has 0 spiro atoms. The van der Waals surface area contributed by atoms with E-state index in [0.29, 0.717) is 18.0 Å². The second kappa shape index (κ2) is 6.36. The summed E-state index contributed by atoms with van der Waals surface area (Å²) in [6, 6.07) is 9.31. The van der Waals surface area contributed by atoms with Crippen molar-refractivity contribution in [2.24, 2.45) is 0 Å². The molecule has 2 rings (SSSR count). The summed E-state index contributed by atoms with van der Waals surface area (Å²) in [7, 11) is 0. The number of amides is 1. The molecule has 0 fully saturated rings. The van der Waals surface area contributed by atoms with Gasteiger partial charge in [0, 0.05) is 26.2 Å². The summed E-state index contributed by atoms with van der Waals surface area (Å²) in [5.41, 5.74) is 1.66. The third-order valence-corrected chi connectivity index (χ3v) is 4.42. The van der Waals surface area contributed by atoms with Crippen molar-refractivity contribution < 1.29 is 4.79 Å². The molecule has 2 nitrogen and oxygen atoms in total. The van der Waals surface area contributed by atoms with E-state index in [-0.39, 0.29) is 5.91 Å². The van der Waals surface area contributed by atoms with E-state index in [2.05, 4.69) is 21.2 Å². The Morgan fingerprint density at radius 3 is 2.61 bits per heavy atom. The molecule has 1 aromatic carbocycles. The smallest absolute Gasteiger partial charge is 0.251 e. The third-order valence-electron chi connectivity index (χ3n) is 2.42. The summed E-state index contributed by atoms with van der Waals surface area (Å²) in [4.78, 5) is 13.0. The van der Waals surface area contributed by atoms with Crippen LogP contribution in [-0.4, -0.2) is 5.91 Å². The predicted molar refractivity (Wildman–Crippen MR) is 79.2 cm³/mol. The molecule has 2 aromatic rings. The Labute approximate surface area is 123 Å². The molecule has 0 atom stereocenters. The number of nitrogens with one attached hydrogen (secondary N) is 1. The second-order valence-corrected chi connectivity index (χ2v) is 5.92. The molecule has 1 amide bonds. The lowest BCUT2D eigenvalue weighted by atomic mass is 10.1. The van der Waals surface area contributed by atoms with Crippen LogP contribution in [0.2, 0.25) is 0 Å². The summed E-state index contributed by atoms with van der Waals surface area (Å²) < 4.78 is 1.04. The quantitative estimate of drug-likeness (QED) is 0.828. The monoisotopic (exact) mass is 343 g/mol. The van der Waals surface area contributed by atoms with Crippen molar-refractivity contribution in [2.45, 2.75) is 12.4 Å². The van der Waals surface area contributed by atoms with Crippen molar-refractivity contribution in [3.63, 3.8) is 0 Å². The Bertz CT molecular complexity index is 538. The largest absolute Gasteiger partial charge is 0.347 e. The molecule has 94 valence electrons. The normalized spacial score (nSPS) is 10.3. The summed E-state index contributed by atoms with van der Waals surface area (Å²) in [5, 5.41) is 4.88. The van der Waals surface area contributed by atoms with E-state index in [0.717, 1.165) is 14.9 Å². The molecular formula is C13H11BrClNOS. The number of halogens is 2. The number of alkyl halides is 1. The van der Waals surface area contributed by atoms with Crippen LogP contribution in [0.15, 0.2) is 40.2 Å². The Morgan fingerprint density at radius 2 is 2.06 bits per heavy atom. The zero-order valence-corrected chi connectivity index (χ0v) is 12.6. The van der Waals surface area contributed by atoms with Gasteiger partial charge in [0.2, 0.25) is 0 Å². The summed E-state index contributed by atoms with van der Waals surface area (Å²) in [5.74, 6) is 0.395. The number of rotatable bonds is 4. The zero-order chi connectivity index (χ0) is 13.0. The maximum Gasteiger partial charge on any atom is 0.251 e. The number of thiophene rings is 1. The number of benzene rings is 1. The van der Waals surface area contributed by atoms with Crippen LogP contribution >= 0.6 is 38.9 Å². The van der Waals surface area contributed by atoms with Gasteiger partial charge in [-0.1, -0.05) is 12.1 Å². The fourth-order valence-electron chi connectivity index (χ4n) is 1.46. The first-order valence-corrected chi connectivity index (χ1v) is 7.56. The molecular weight excluding hydrogens is 334 g/mol. The van der Waals surface area contributed by atoms with Crippen molar-refractivity contribution in [2.75, 3.05) is 0 Å². The Balaban J connectivity index is 1.94. The highest BCUT2D eigenvalue weighted by Gasteiger charge is 2.05. The first-order chi connectivity index (χ1) is 8.69. The average Bonchev–Trinajstić information content (AvgIpc) is 2.82. The highest BCUT2D eigenvalue weighted by molar-refractivity contribution is 9.10. The molecule has 5 heteroatoms. The van der Waals surface area contributed by atoms with Crippen molar-refractivity contribution in [3.8, 4) is 0 Å². The van der Waals surface area contributed by atoms with Crippen LogP contribution in [0.3, 0.4) is 0 Å². The molecule has 1 aromatic heterocycles. The molecule has 1 N–H and O–H groups in total. The van der Waals surface area contributed by atoms with Crippen LogP contribution in [0.25, 0.3) is 0 Å². The summed E-state index contributed by atoms with van der Waals surface area (Å²) in [6.07, 6.45) is 0. The Kier molecular flexibility index (Phi) is 4.80. The van der Waals surface area contributed by atoms with E-state index in [4.69, 9.17) is 11.6 Å². The molecule has 0 radical (unpaired) electrons. The van der Waals surface area contributed by atoms with E-state index < -0.39 is 0 Å². The number of carbonyl (C=O) groups excluding carboxylic acids is 1. The Hall–Kier alpha value is -0.840. The lowest BCUT2D eigenvalue weighted by Crippen LogP contribution is -2.22. The zero-order valence-electron chi connectivity index (χ0n) is 9.45. The van der Waals surface area contributed by atoms with Gasteiger partial charge in [0.05, 0.1) is 6.54 Å². The van der Waals surface area contributed by atoms with Gasteiger partial charge in [-0.25, -0.2) is 0 Å². The topological polar surface area (TPSA) is 29.1 Å². The average molecular weight is 345 g/mol. The third kappa shape index (κ3) is 3.57.